The molecule has 0 radical (unpaired) electrons. The maximum absolute atomic E-state index is 9.33. The first-order valence-corrected chi connectivity index (χ1v) is 9.76. The average molecular weight is 350 g/mol. The molecule has 2 aromatic rings. The van der Waals surface area contributed by atoms with Gasteiger partial charge < -0.3 is 9.80 Å². The summed E-state index contributed by atoms with van der Waals surface area (Å²) < 4.78 is 0. The maximum atomic E-state index is 9.33. The molecule has 0 bridgehead atoms. The van der Waals surface area contributed by atoms with Crippen molar-refractivity contribution in [1.29, 1.82) is 5.26 Å². The molecule has 1 saturated carbocycles. The van der Waals surface area contributed by atoms with E-state index in [9.17, 15) is 5.26 Å². The van der Waals surface area contributed by atoms with E-state index >= 15 is 0 Å². The summed E-state index contributed by atoms with van der Waals surface area (Å²) in [6.07, 6.45) is 2.77. The second-order valence-corrected chi connectivity index (χ2v) is 8.33. The Kier molecular flexibility index (Phi) is 4.45. The molecule has 1 fully saturated rings. The van der Waals surface area contributed by atoms with E-state index in [1.54, 1.807) is 11.8 Å². The topological polar surface area (TPSA) is 30.3 Å². The van der Waals surface area contributed by atoms with Crippen LogP contribution >= 0.6 is 11.8 Å². The Hall–Kier alpha value is -1.96. The van der Waals surface area contributed by atoms with Gasteiger partial charge in [0, 0.05) is 28.9 Å². The van der Waals surface area contributed by atoms with E-state index in [4.69, 9.17) is 0 Å². The van der Waals surface area contributed by atoms with Crippen LogP contribution in [0.25, 0.3) is 0 Å². The fraction of sp³-hybridized carbons (Fsp3) is 0.381. The lowest BCUT2D eigenvalue weighted by Gasteiger charge is -2.38. The predicted octanol–water partition coefficient (Wildman–Crippen LogP) is 4.89. The van der Waals surface area contributed by atoms with Gasteiger partial charge in [-0.05, 0) is 63.1 Å². The first kappa shape index (κ1) is 16.5. The SMILES string of the molecule is CC(CN(C)CC1CC1)N1c2ccccc2Sc2ccc(C#N)cc21. The molecule has 0 aromatic heterocycles. The number of hydrogen-bond acceptors (Lipinski definition) is 4. The molecule has 4 heteroatoms. The lowest BCUT2D eigenvalue weighted by molar-refractivity contribution is 0.303. The van der Waals surface area contributed by atoms with Crippen LogP contribution in [0.15, 0.2) is 52.3 Å². The van der Waals surface area contributed by atoms with E-state index in [1.165, 1.54) is 34.9 Å². The molecule has 2 aromatic carbocycles. The minimum atomic E-state index is 0.346. The molecule has 4 rings (SSSR count). The van der Waals surface area contributed by atoms with Crippen molar-refractivity contribution in [2.24, 2.45) is 5.92 Å². The highest BCUT2D eigenvalue weighted by Crippen LogP contribution is 2.49. The third-order valence-corrected chi connectivity index (χ3v) is 6.11. The number of benzene rings is 2. The molecule has 1 aliphatic carbocycles. The quantitative estimate of drug-likeness (QED) is 0.769. The van der Waals surface area contributed by atoms with Gasteiger partial charge in [0.25, 0.3) is 0 Å². The normalized spacial score (nSPS) is 17.0. The number of nitrogens with zero attached hydrogens (tertiary/aromatic N) is 3. The standard InChI is InChI=1S/C21H23N3S/c1-15(13-23(2)14-16-7-8-16)24-18-5-3-4-6-20(18)25-21-10-9-17(12-22)11-19(21)24/h3-6,9-11,15-16H,7-8,13-14H2,1-2H3. The van der Waals surface area contributed by atoms with E-state index in [0.717, 1.165) is 23.7 Å². The zero-order chi connectivity index (χ0) is 17.4. The van der Waals surface area contributed by atoms with E-state index < -0.39 is 0 Å². The Labute approximate surface area is 154 Å². The molecule has 0 N–H and O–H groups in total. The van der Waals surface area contributed by atoms with Gasteiger partial charge in [-0.3, -0.25) is 0 Å². The molecule has 1 unspecified atom stereocenters. The molecule has 0 amide bonds. The van der Waals surface area contributed by atoms with Crippen LogP contribution in [0.5, 0.6) is 0 Å². The van der Waals surface area contributed by atoms with Crippen LogP contribution < -0.4 is 4.90 Å². The highest BCUT2D eigenvalue weighted by molar-refractivity contribution is 7.99. The van der Waals surface area contributed by atoms with E-state index in [1.807, 2.05) is 12.1 Å². The highest BCUT2D eigenvalue weighted by atomic mass is 32.2. The first-order valence-electron chi connectivity index (χ1n) is 8.94. The van der Waals surface area contributed by atoms with Crippen molar-refractivity contribution >= 4 is 23.1 Å². The molecule has 1 aliphatic heterocycles. The van der Waals surface area contributed by atoms with Gasteiger partial charge in [-0.25, -0.2) is 0 Å². The molecule has 25 heavy (non-hydrogen) atoms. The van der Waals surface area contributed by atoms with Crippen LogP contribution in [0, 0.1) is 17.2 Å². The van der Waals surface area contributed by atoms with Crippen molar-refractivity contribution in [3.8, 4) is 6.07 Å². The van der Waals surface area contributed by atoms with Crippen LogP contribution in [-0.2, 0) is 0 Å². The fourth-order valence-electron chi connectivity index (χ4n) is 3.68. The molecule has 3 nitrogen and oxygen atoms in total. The summed E-state index contributed by atoms with van der Waals surface area (Å²) in [5.74, 6) is 0.902. The van der Waals surface area contributed by atoms with Crippen molar-refractivity contribution in [1.82, 2.24) is 4.90 Å². The van der Waals surface area contributed by atoms with Crippen molar-refractivity contribution in [2.75, 3.05) is 25.0 Å². The van der Waals surface area contributed by atoms with Crippen LogP contribution in [-0.4, -0.2) is 31.1 Å². The molecular formula is C21H23N3S. The fourth-order valence-corrected chi connectivity index (χ4v) is 4.73. The number of anilines is 2. The summed E-state index contributed by atoms with van der Waals surface area (Å²) in [7, 11) is 2.23. The van der Waals surface area contributed by atoms with Crippen LogP contribution in [0.2, 0.25) is 0 Å². The van der Waals surface area contributed by atoms with Gasteiger partial charge in [0.1, 0.15) is 0 Å². The van der Waals surface area contributed by atoms with E-state index in [0.29, 0.717) is 6.04 Å². The molecule has 2 aliphatic rings. The van der Waals surface area contributed by atoms with Crippen LogP contribution in [0.3, 0.4) is 0 Å². The number of fused-ring (bicyclic) bond motifs is 2. The smallest absolute Gasteiger partial charge is 0.0992 e. The van der Waals surface area contributed by atoms with Crippen LogP contribution in [0.1, 0.15) is 25.3 Å². The molecule has 0 saturated heterocycles. The predicted molar refractivity (Wildman–Crippen MR) is 104 cm³/mol. The Morgan fingerprint density at radius 3 is 2.72 bits per heavy atom. The average Bonchev–Trinajstić information content (AvgIpc) is 3.42. The Bertz CT molecular complexity index is 822. The number of likely N-dealkylation sites (N-methyl/N-ethyl adjacent to an activating group) is 1. The van der Waals surface area contributed by atoms with Crippen LogP contribution in [0.4, 0.5) is 11.4 Å². The summed E-state index contributed by atoms with van der Waals surface area (Å²) in [6, 6.07) is 17.3. The molecule has 128 valence electrons. The zero-order valence-electron chi connectivity index (χ0n) is 14.8. The second-order valence-electron chi connectivity index (χ2n) is 7.25. The number of para-hydroxylation sites is 1. The lowest BCUT2D eigenvalue weighted by atomic mass is 10.1. The lowest BCUT2D eigenvalue weighted by Crippen LogP contribution is -2.40. The summed E-state index contributed by atoms with van der Waals surface area (Å²) in [5.41, 5.74) is 3.14. The second kappa shape index (κ2) is 6.74. The summed E-state index contributed by atoms with van der Waals surface area (Å²) in [6.45, 7) is 4.50. The van der Waals surface area contributed by atoms with Crippen molar-refractivity contribution in [2.45, 2.75) is 35.6 Å². The minimum Gasteiger partial charge on any atom is -0.335 e. The largest absolute Gasteiger partial charge is 0.335 e. The Morgan fingerprint density at radius 1 is 1.20 bits per heavy atom. The molecular weight excluding hydrogens is 326 g/mol. The number of nitriles is 1. The number of hydrogen-bond donors (Lipinski definition) is 0. The highest BCUT2D eigenvalue weighted by Gasteiger charge is 2.29. The van der Waals surface area contributed by atoms with E-state index in [2.05, 4.69) is 60.2 Å². The van der Waals surface area contributed by atoms with Gasteiger partial charge in [-0.15, -0.1) is 0 Å². The van der Waals surface area contributed by atoms with Crippen molar-refractivity contribution < 1.29 is 0 Å². The minimum absolute atomic E-state index is 0.346. The van der Waals surface area contributed by atoms with Gasteiger partial charge in [-0.2, -0.15) is 5.26 Å². The Balaban J connectivity index is 1.68. The van der Waals surface area contributed by atoms with E-state index in [-0.39, 0.29) is 0 Å². The number of rotatable bonds is 5. The molecule has 1 atom stereocenters. The van der Waals surface area contributed by atoms with Crippen molar-refractivity contribution in [3.05, 3.63) is 48.0 Å². The molecule has 1 heterocycles. The summed E-state index contributed by atoms with van der Waals surface area (Å²) in [4.78, 5) is 7.40. The van der Waals surface area contributed by atoms with Gasteiger partial charge >= 0.3 is 0 Å². The zero-order valence-corrected chi connectivity index (χ0v) is 15.6. The maximum Gasteiger partial charge on any atom is 0.0992 e. The van der Waals surface area contributed by atoms with Gasteiger partial charge in [-0.1, -0.05) is 23.9 Å². The first-order chi connectivity index (χ1) is 12.2. The molecule has 0 spiro atoms. The summed E-state index contributed by atoms with van der Waals surface area (Å²) >= 11 is 1.80. The Morgan fingerprint density at radius 2 is 1.96 bits per heavy atom. The third-order valence-electron chi connectivity index (χ3n) is 4.98. The van der Waals surface area contributed by atoms with Gasteiger partial charge in [0.2, 0.25) is 0 Å². The van der Waals surface area contributed by atoms with Crippen molar-refractivity contribution in [3.63, 3.8) is 0 Å². The third kappa shape index (κ3) is 3.40. The van der Waals surface area contributed by atoms with Gasteiger partial charge in [0.15, 0.2) is 0 Å². The monoisotopic (exact) mass is 349 g/mol. The van der Waals surface area contributed by atoms with Gasteiger partial charge in [0.05, 0.1) is 23.0 Å². The summed E-state index contributed by atoms with van der Waals surface area (Å²) in [5, 5.41) is 9.33.